The molecule has 0 aromatic carbocycles. The molecule has 0 spiro atoms. The number of hydrogen-bond donors (Lipinski definition) is 1. The molecule has 2 aromatic rings. The van der Waals surface area contributed by atoms with Crippen molar-refractivity contribution in [3.8, 4) is 0 Å². The van der Waals surface area contributed by atoms with E-state index >= 15 is 0 Å². The number of ether oxygens (including phenoxy) is 1. The van der Waals surface area contributed by atoms with Crippen molar-refractivity contribution >= 4 is 17.0 Å². The Hall–Kier alpha value is -1.99. The van der Waals surface area contributed by atoms with Crippen molar-refractivity contribution in [3.05, 3.63) is 23.5 Å². The Morgan fingerprint density at radius 3 is 2.96 bits per heavy atom. The molecule has 7 nitrogen and oxygen atoms in total. The molecule has 0 atom stereocenters. The van der Waals surface area contributed by atoms with Gasteiger partial charge in [0, 0.05) is 25.9 Å². The molecule has 1 aliphatic heterocycles. The van der Waals surface area contributed by atoms with Crippen LogP contribution in [0, 0.1) is 0 Å². The summed E-state index contributed by atoms with van der Waals surface area (Å²) in [5.74, 6) is 0.00746. The SMILES string of the molecule is CCc1noc2ncc(C(=O)N3CCC(OCCCN)CC3)cc12. The molecule has 1 fully saturated rings. The first-order valence-corrected chi connectivity index (χ1v) is 8.58. The van der Waals surface area contributed by atoms with Crippen LogP contribution in [0.4, 0.5) is 0 Å². The first-order chi connectivity index (χ1) is 11.7. The molecule has 0 aliphatic carbocycles. The third kappa shape index (κ3) is 3.57. The molecule has 0 saturated carbocycles. The highest BCUT2D eigenvalue weighted by Gasteiger charge is 2.24. The Morgan fingerprint density at radius 1 is 1.46 bits per heavy atom. The first-order valence-electron chi connectivity index (χ1n) is 8.58. The van der Waals surface area contributed by atoms with E-state index in [0.717, 1.165) is 36.8 Å². The lowest BCUT2D eigenvalue weighted by Gasteiger charge is -2.32. The van der Waals surface area contributed by atoms with Gasteiger partial charge in [0.2, 0.25) is 0 Å². The number of hydrogen-bond acceptors (Lipinski definition) is 6. The summed E-state index contributed by atoms with van der Waals surface area (Å²) in [6, 6.07) is 1.84. The number of amides is 1. The fourth-order valence-electron chi connectivity index (χ4n) is 2.99. The number of likely N-dealkylation sites (tertiary alicyclic amines) is 1. The van der Waals surface area contributed by atoms with Gasteiger partial charge in [-0.1, -0.05) is 12.1 Å². The van der Waals surface area contributed by atoms with Crippen LogP contribution in [0.1, 0.15) is 42.2 Å². The van der Waals surface area contributed by atoms with Crippen molar-refractivity contribution < 1.29 is 14.1 Å². The average Bonchev–Trinajstić information content (AvgIpc) is 3.04. The van der Waals surface area contributed by atoms with E-state index in [-0.39, 0.29) is 12.0 Å². The first kappa shape index (κ1) is 16.9. The maximum absolute atomic E-state index is 12.7. The van der Waals surface area contributed by atoms with Crippen LogP contribution < -0.4 is 5.73 Å². The van der Waals surface area contributed by atoms with Gasteiger partial charge in [-0.15, -0.1) is 0 Å². The zero-order chi connectivity index (χ0) is 16.9. The number of piperidine rings is 1. The number of nitrogens with zero attached hydrogens (tertiary/aromatic N) is 3. The minimum atomic E-state index is 0.00746. The predicted octanol–water partition coefficient (Wildman–Crippen LogP) is 1.76. The molecule has 2 aromatic heterocycles. The topological polar surface area (TPSA) is 94.5 Å². The summed E-state index contributed by atoms with van der Waals surface area (Å²) in [4.78, 5) is 18.8. The van der Waals surface area contributed by atoms with Crippen molar-refractivity contribution in [2.75, 3.05) is 26.2 Å². The lowest BCUT2D eigenvalue weighted by Crippen LogP contribution is -2.41. The van der Waals surface area contributed by atoms with E-state index in [0.29, 0.717) is 37.5 Å². The number of carbonyl (C=O) groups excluding carboxylic acids is 1. The normalized spacial score (nSPS) is 16.0. The van der Waals surface area contributed by atoms with Crippen LogP contribution in [0.2, 0.25) is 0 Å². The zero-order valence-electron chi connectivity index (χ0n) is 14.0. The minimum absolute atomic E-state index is 0.00746. The summed E-state index contributed by atoms with van der Waals surface area (Å²) in [5.41, 5.74) is 7.37. The van der Waals surface area contributed by atoms with Gasteiger partial charge in [0.25, 0.3) is 11.6 Å². The van der Waals surface area contributed by atoms with Gasteiger partial charge in [0.05, 0.1) is 22.7 Å². The van der Waals surface area contributed by atoms with Crippen molar-refractivity contribution in [2.24, 2.45) is 5.73 Å². The quantitative estimate of drug-likeness (QED) is 0.810. The lowest BCUT2D eigenvalue weighted by atomic mass is 10.1. The molecule has 0 radical (unpaired) electrons. The second-order valence-electron chi connectivity index (χ2n) is 6.06. The number of carbonyl (C=O) groups is 1. The van der Waals surface area contributed by atoms with Gasteiger partial charge >= 0.3 is 0 Å². The molecule has 1 saturated heterocycles. The summed E-state index contributed by atoms with van der Waals surface area (Å²) >= 11 is 0. The molecular formula is C17H24N4O3. The Balaban J connectivity index is 1.63. The Bertz CT molecular complexity index is 692. The van der Waals surface area contributed by atoms with E-state index < -0.39 is 0 Å². The molecule has 1 amide bonds. The van der Waals surface area contributed by atoms with Crippen LogP contribution in [-0.4, -0.2) is 53.3 Å². The smallest absolute Gasteiger partial charge is 0.257 e. The number of pyridine rings is 1. The second kappa shape index (κ2) is 7.72. The van der Waals surface area contributed by atoms with Crippen LogP contribution in [0.3, 0.4) is 0 Å². The maximum Gasteiger partial charge on any atom is 0.257 e. The molecule has 0 unspecified atom stereocenters. The molecule has 24 heavy (non-hydrogen) atoms. The Kier molecular flexibility index (Phi) is 5.42. The number of nitrogens with two attached hydrogens (primary N) is 1. The number of aryl methyl sites for hydroxylation is 1. The Morgan fingerprint density at radius 2 is 2.25 bits per heavy atom. The van der Waals surface area contributed by atoms with Crippen molar-refractivity contribution in [3.63, 3.8) is 0 Å². The van der Waals surface area contributed by atoms with Crippen molar-refractivity contribution in [1.82, 2.24) is 15.0 Å². The van der Waals surface area contributed by atoms with Gasteiger partial charge in [-0.2, -0.15) is 0 Å². The molecular weight excluding hydrogens is 308 g/mol. The minimum Gasteiger partial charge on any atom is -0.378 e. The largest absolute Gasteiger partial charge is 0.378 e. The summed E-state index contributed by atoms with van der Waals surface area (Å²) < 4.78 is 11.0. The van der Waals surface area contributed by atoms with Crippen molar-refractivity contribution in [1.29, 1.82) is 0 Å². The Labute approximate surface area is 141 Å². The van der Waals surface area contributed by atoms with Gasteiger partial charge in [-0.3, -0.25) is 4.79 Å². The highest BCUT2D eigenvalue weighted by atomic mass is 16.5. The predicted molar refractivity (Wildman–Crippen MR) is 89.7 cm³/mol. The fraction of sp³-hybridized carbons (Fsp3) is 0.588. The van der Waals surface area contributed by atoms with Gasteiger partial charge in [0.15, 0.2) is 0 Å². The van der Waals surface area contributed by atoms with E-state index in [2.05, 4.69) is 10.1 Å². The standard InChI is InChI=1S/C17H24N4O3/c1-2-15-14-10-12(11-19-16(14)24-20-15)17(22)21-7-4-13(5-8-21)23-9-3-6-18/h10-11,13H,2-9,18H2,1H3. The summed E-state index contributed by atoms with van der Waals surface area (Å²) in [7, 11) is 0. The van der Waals surface area contributed by atoms with E-state index in [1.807, 2.05) is 17.9 Å². The second-order valence-corrected chi connectivity index (χ2v) is 6.06. The van der Waals surface area contributed by atoms with Gasteiger partial charge in [0.1, 0.15) is 0 Å². The van der Waals surface area contributed by atoms with Crippen molar-refractivity contribution in [2.45, 2.75) is 38.7 Å². The van der Waals surface area contributed by atoms with Gasteiger partial charge in [-0.05, 0) is 38.3 Å². The molecule has 1 aliphatic rings. The highest BCUT2D eigenvalue weighted by molar-refractivity contribution is 5.97. The molecule has 0 bridgehead atoms. The third-order valence-corrected chi connectivity index (χ3v) is 4.42. The van der Waals surface area contributed by atoms with Crippen LogP contribution in [-0.2, 0) is 11.2 Å². The molecule has 3 heterocycles. The number of rotatable bonds is 6. The average molecular weight is 332 g/mol. The van der Waals surface area contributed by atoms with E-state index in [1.54, 1.807) is 6.20 Å². The van der Waals surface area contributed by atoms with Gasteiger partial charge < -0.3 is 19.9 Å². The summed E-state index contributed by atoms with van der Waals surface area (Å²) in [6.45, 7) is 4.75. The molecule has 130 valence electrons. The number of fused-ring (bicyclic) bond motifs is 1. The zero-order valence-corrected chi connectivity index (χ0v) is 14.0. The van der Waals surface area contributed by atoms with Crippen LogP contribution in [0.5, 0.6) is 0 Å². The maximum atomic E-state index is 12.7. The van der Waals surface area contributed by atoms with Gasteiger partial charge in [-0.25, -0.2) is 4.98 Å². The fourth-order valence-corrected chi connectivity index (χ4v) is 2.99. The summed E-state index contributed by atoms with van der Waals surface area (Å²) in [5, 5.41) is 4.81. The molecule has 7 heteroatoms. The van der Waals surface area contributed by atoms with E-state index in [1.165, 1.54) is 0 Å². The molecule has 2 N–H and O–H groups in total. The van der Waals surface area contributed by atoms with Crippen LogP contribution >= 0.6 is 0 Å². The monoisotopic (exact) mass is 332 g/mol. The van der Waals surface area contributed by atoms with E-state index in [4.69, 9.17) is 15.0 Å². The molecule has 3 rings (SSSR count). The van der Waals surface area contributed by atoms with Crippen LogP contribution in [0.15, 0.2) is 16.8 Å². The lowest BCUT2D eigenvalue weighted by molar-refractivity contribution is 0.00844. The van der Waals surface area contributed by atoms with Crippen LogP contribution in [0.25, 0.3) is 11.1 Å². The third-order valence-electron chi connectivity index (χ3n) is 4.42. The number of aromatic nitrogens is 2. The summed E-state index contributed by atoms with van der Waals surface area (Å²) in [6.07, 6.45) is 5.14. The van der Waals surface area contributed by atoms with E-state index in [9.17, 15) is 4.79 Å². The highest BCUT2D eigenvalue weighted by Crippen LogP contribution is 2.21.